The molecule has 0 aliphatic carbocycles. The number of para-hydroxylation sites is 1. The van der Waals surface area contributed by atoms with E-state index in [4.69, 9.17) is 11.6 Å². The second-order valence-electron chi connectivity index (χ2n) is 4.27. The van der Waals surface area contributed by atoms with Crippen LogP contribution in [0.15, 0.2) is 41.5 Å². The van der Waals surface area contributed by atoms with Crippen molar-refractivity contribution in [1.82, 2.24) is 19.3 Å². The fourth-order valence-corrected chi connectivity index (χ4v) is 2.23. The smallest absolute Gasteiger partial charge is 0.255 e. The fraction of sp³-hybridized carbons (Fsp3) is 0.154. The summed E-state index contributed by atoms with van der Waals surface area (Å²) in [7, 11) is 1.88. The van der Waals surface area contributed by atoms with Gasteiger partial charge in [0, 0.05) is 18.5 Å². The summed E-state index contributed by atoms with van der Waals surface area (Å²) in [6.45, 7) is 0.379. The molecule has 0 amide bonds. The predicted molar refractivity (Wildman–Crippen MR) is 73.3 cm³/mol. The zero-order valence-corrected chi connectivity index (χ0v) is 11.0. The Kier molecular flexibility index (Phi) is 2.83. The second kappa shape index (κ2) is 4.51. The summed E-state index contributed by atoms with van der Waals surface area (Å²) in [5.74, 6) is 0. The highest BCUT2D eigenvalue weighted by Crippen LogP contribution is 2.17. The molecular formula is C13H11ClN4O. The van der Waals surface area contributed by atoms with Crippen LogP contribution in [0.4, 0.5) is 0 Å². The van der Waals surface area contributed by atoms with Gasteiger partial charge in [-0.15, -0.1) is 0 Å². The average Bonchev–Trinajstić information content (AvgIpc) is 2.71. The molecular weight excluding hydrogens is 264 g/mol. The van der Waals surface area contributed by atoms with Crippen LogP contribution in [0.25, 0.3) is 10.9 Å². The van der Waals surface area contributed by atoms with Crippen LogP contribution in [0.5, 0.6) is 0 Å². The average molecular weight is 275 g/mol. The van der Waals surface area contributed by atoms with Crippen LogP contribution in [0, 0.1) is 0 Å². The van der Waals surface area contributed by atoms with Gasteiger partial charge in [-0.05, 0) is 6.07 Å². The Balaban J connectivity index is 2.08. The van der Waals surface area contributed by atoms with E-state index in [0.29, 0.717) is 6.54 Å². The van der Waals surface area contributed by atoms with Gasteiger partial charge in [0.1, 0.15) is 5.15 Å². The minimum Gasteiger partial charge on any atom is -0.293 e. The lowest BCUT2D eigenvalue weighted by atomic mass is 10.2. The molecule has 0 aliphatic rings. The van der Waals surface area contributed by atoms with Gasteiger partial charge in [0.2, 0.25) is 0 Å². The van der Waals surface area contributed by atoms with Gasteiger partial charge in [-0.25, -0.2) is 4.98 Å². The molecule has 0 saturated heterocycles. The molecule has 1 aromatic carbocycles. The van der Waals surface area contributed by atoms with Crippen molar-refractivity contribution < 1.29 is 0 Å². The second-order valence-corrected chi connectivity index (χ2v) is 4.65. The standard InChI is InChI=1S/C13H11ClN4O/c1-17-11-5-3-2-4-9(11)10(16-17)7-18-8-15-12(14)6-13(18)19/h2-6,8H,7H2,1H3. The third kappa shape index (κ3) is 2.13. The van der Waals surface area contributed by atoms with Crippen LogP contribution >= 0.6 is 11.6 Å². The fourth-order valence-electron chi connectivity index (χ4n) is 2.09. The van der Waals surface area contributed by atoms with E-state index < -0.39 is 0 Å². The molecule has 0 saturated carbocycles. The van der Waals surface area contributed by atoms with E-state index in [-0.39, 0.29) is 10.7 Å². The van der Waals surface area contributed by atoms with E-state index in [2.05, 4.69) is 10.1 Å². The Hall–Kier alpha value is -2.14. The molecule has 0 bridgehead atoms. The molecule has 0 aliphatic heterocycles. The molecule has 3 aromatic rings. The van der Waals surface area contributed by atoms with Gasteiger partial charge in [0.15, 0.2) is 0 Å². The topological polar surface area (TPSA) is 52.7 Å². The first-order chi connectivity index (χ1) is 9.15. The molecule has 0 fully saturated rings. The van der Waals surface area contributed by atoms with Crippen molar-refractivity contribution in [2.45, 2.75) is 6.54 Å². The highest BCUT2D eigenvalue weighted by atomic mass is 35.5. The molecule has 0 atom stereocenters. The number of aromatic nitrogens is 4. The summed E-state index contributed by atoms with van der Waals surface area (Å²) in [4.78, 5) is 15.7. The summed E-state index contributed by atoms with van der Waals surface area (Å²) >= 11 is 5.67. The first kappa shape index (κ1) is 11.9. The maximum Gasteiger partial charge on any atom is 0.255 e. The maximum atomic E-state index is 11.8. The van der Waals surface area contributed by atoms with E-state index in [1.165, 1.54) is 17.0 Å². The number of hydrogen-bond donors (Lipinski definition) is 0. The largest absolute Gasteiger partial charge is 0.293 e. The van der Waals surface area contributed by atoms with Crippen LogP contribution < -0.4 is 5.56 Å². The van der Waals surface area contributed by atoms with Crippen LogP contribution in [0.3, 0.4) is 0 Å². The number of rotatable bonds is 2. The Labute approximate surface area is 114 Å². The third-order valence-corrected chi connectivity index (χ3v) is 3.21. The van der Waals surface area contributed by atoms with Crippen molar-refractivity contribution in [2.24, 2.45) is 7.05 Å². The van der Waals surface area contributed by atoms with Crippen LogP contribution in [-0.4, -0.2) is 19.3 Å². The minimum atomic E-state index is -0.185. The van der Waals surface area contributed by atoms with Crippen molar-refractivity contribution in [2.75, 3.05) is 0 Å². The molecule has 0 spiro atoms. The van der Waals surface area contributed by atoms with Crippen molar-refractivity contribution >= 4 is 22.5 Å². The van der Waals surface area contributed by atoms with E-state index in [1.54, 1.807) is 4.68 Å². The summed E-state index contributed by atoms with van der Waals surface area (Å²) in [6.07, 6.45) is 1.44. The summed E-state index contributed by atoms with van der Waals surface area (Å²) in [5, 5.41) is 5.68. The van der Waals surface area contributed by atoms with Crippen LogP contribution in [0.2, 0.25) is 5.15 Å². The van der Waals surface area contributed by atoms with Crippen LogP contribution in [-0.2, 0) is 13.6 Å². The van der Waals surface area contributed by atoms with Gasteiger partial charge < -0.3 is 0 Å². The van der Waals surface area contributed by atoms with Crippen molar-refractivity contribution in [3.05, 3.63) is 57.9 Å². The highest BCUT2D eigenvalue weighted by Gasteiger charge is 2.09. The van der Waals surface area contributed by atoms with E-state index in [1.807, 2.05) is 31.3 Å². The van der Waals surface area contributed by atoms with Crippen molar-refractivity contribution in [1.29, 1.82) is 0 Å². The lowest BCUT2D eigenvalue weighted by molar-refractivity contribution is 0.689. The summed E-state index contributed by atoms with van der Waals surface area (Å²) < 4.78 is 3.29. The van der Waals surface area contributed by atoms with E-state index in [0.717, 1.165) is 16.6 Å². The zero-order valence-electron chi connectivity index (χ0n) is 10.2. The summed E-state index contributed by atoms with van der Waals surface area (Å²) in [6, 6.07) is 9.20. The van der Waals surface area contributed by atoms with Gasteiger partial charge in [-0.2, -0.15) is 5.10 Å². The lowest BCUT2D eigenvalue weighted by Crippen LogP contribution is -2.20. The molecule has 0 unspecified atom stereocenters. The number of fused-ring (bicyclic) bond motifs is 1. The molecule has 96 valence electrons. The summed E-state index contributed by atoms with van der Waals surface area (Å²) in [5.41, 5.74) is 1.69. The quantitative estimate of drug-likeness (QED) is 0.670. The normalized spacial score (nSPS) is 11.1. The molecule has 3 rings (SSSR count). The van der Waals surface area contributed by atoms with Crippen molar-refractivity contribution in [3.8, 4) is 0 Å². The zero-order chi connectivity index (χ0) is 13.4. The van der Waals surface area contributed by atoms with Gasteiger partial charge in [-0.3, -0.25) is 14.0 Å². The van der Waals surface area contributed by atoms with E-state index in [9.17, 15) is 4.79 Å². The lowest BCUT2D eigenvalue weighted by Gasteiger charge is -2.02. The van der Waals surface area contributed by atoms with Gasteiger partial charge >= 0.3 is 0 Å². The Bertz CT molecular complexity index is 806. The molecule has 19 heavy (non-hydrogen) atoms. The molecule has 2 aromatic heterocycles. The van der Waals surface area contributed by atoms with Gasteiger partial charge in [0.25, 0.3) is 5.56 Å². The third-order valence-electron chi connectivity index (χ3n) is 3.00. The molecule has 6 heteroatoms. The number of hydrogen-bond acceptors (Lipinski definition) is 3. The van der Waals surface area contributed by atoms with Crippen LogP contribution in [0.1, 0.15) is 5.69 Å². The molecule has 5 nitrogen and oxygen atoms in total. The predicted octanol–water partition coefficient (Wildman–Crippen LogP) is 1.83. The molecule has 2 heterocycles. The highest BCUT2D eigenvalue weighted by molar-refractivity contribution is 6.29. The first-order valence-electron chi connectivity index (χ1n) is 5.78. The van der Waals surface area contributed by atoms with Crippen molar-refractivity contribution in [3.63, 3.8) is 0 Å². The maximum absolute atomic E-state index is 11.8. The SMILES string of the molecule is Cn1nc(Cn2cnc(Cl)cc2=O)c2ccccc21. The Morgan fingerprint density at radius 2 is 2.11 bits per heavy atom. The van der Waals surface area contributed by atoms with E-state index >= 15 is 0 Å². The van der Waals surface area contributed by atoms with Gasteiger partial charge in [-0.1, -0.05) is 29.8 Å². The molecule has 0 N–H and O–H groups in total. The monoisotopic (exact) mass is 274 g/mol. The minimum absolute atomic E-state index is 0.185. The number of halogens is 1. The molecule has 0 radical (unpaired) electrons. The Morgan fingerprint density at radius 1 is 1.32 bits per heavy atom. The number of aryl methyl sites for hydroxylation is 1. The first-order valence-corrected chi connectivity index (χ1v) is 6.15. The number of benzene rings is 1. The van der Waals surface area contributed by atoms with Gasteiger partial charge in [0.05, 0.1) is 24.1 Å². The number of nitrogens with zero attached hydrogens (tertiary/aromatic N) is 4. The Morgan fingerprint density at radius 3 is 2.89 bits per heavy atom.